The molecule has 2 aromatic rings. The summed E-state index contributed by atoms with van der Waals surface area (Å²) >= 11 is 6.54. The second-order valence-electron chi connectivity index (χ2n) is 17.7. The van der Waals surface area contributed by atoms with Crippen molar-refractivity contribution < 1.29 is 27.4 Å². The molecule has 0 aromatic heterocycles. The van der Waals surface area contributed by atoms with E-state index in [1.807, 2.05) is 25.1 Å². The van der Waals surface area contributed by atoms with Gasteiger partial charge in [-0.1, -0.05) is 43.7 Å². The van der Waals surface area contributed by atoms with Crippen LogP contribution in [0.1, 0.15) is 81.3 Å². The molecule has 4 heterocycles. The minimum Gasteiger partial charge on any atom is -0.490 e. The lowest BCUT2D eigenvalue weighted by molar-refractivity contribution is -0.146. The zero-order valence-corrected chi connectivity index (χ0v) is 34.6. The van der Waals surface area contributed by atoms with Crippen molar-refractivity contribution in [2.75, 3.05) is 77.1 Å². The smallest absolute Gasteiger partial charge is 0.264 e. The summed E-state index contributed by atoms with van der Waals surface area (Å²) in [6, 6.07) is 12.2. The fourth-order valence-electron chi connectivity index (χ4n) is 10.5. The lowest BCUT2D eigenvalue weighted by atomic mass is 9.54. The molecule has 3 fully saturated rings. The molecule has 1 N–H and O–H groups in total. The number of amides is 1. The van der Waals surface area contributed by atoms with E-state index in [-0.39, 0.29) is 22.7 Å². The van der Waals surface area contributed by atoms with Crippen LogP contribution in [0.3, 0.4) is 0 Å². The summed E-state index contributed by atoms with van der Waals surface area (Å²) in [6.07, 6.45) is 10.1. The van der Waals surface area contributed by atoms with Gasteiger partial charge in [0.15, 0.2) is 0 Å². The van der Waals surface area contributed by atoms with Crippen molar-refractivity contribution in [2.24, 2.45) is 17.3 Å². The number of halogens is 1. The minimum atomic E-state index is -3.97. The zero-order valence-electron chi connectivity index (χ0n) is 33.0. The predicted octanol–water partition coefficient (Wildman–Crippen LogP) is 6.07. The standard InChI is InChI=1S/C43H59ClN4O6S/c1-5-54-43(28-46-18-20-47(21-19-46)35-24-52-25-35)16-6-8-30(2)31(3)55(50,51)45-40(49)33-10-13-38-37(23-33)48(26-41(4)17-14-39(41)43)27-42(29-53-38)15-7-9-32-22-34(44)11-12-36(32)42/h6,10-13,16,22-23,30-31,35,39H,5,7-9,14-15,17-21,24-29H2,1-4H3,(H,45,49)/b16-6+/t30-,31+,39+,41?,42-,43+/m0/s1. The SMILES string of the molecule is CCO[C@@]1(CN2CCN(C3COC3)CC2)/C=C/C[C@H](C)[C@@H](C)S(=O)(=O)NC(=O)c2ccc3c(c2)N(CC2(C)CC[C@H]21)C[C@@]1(CCCc2cc(Cl)ccc21)CO3. The molecule has 2 aromatic carbocycles. The molecule has 1 unspecified atom stereocenters. The van der Waals surface area contributed by atoms with Gasteiger partial charge < -0.3 is 19.1 Å². The van der Waals surface area contributed by atoms with Crippen molar-refractivity contribution in [2.45, 2.75) is 88.5 Å². The Labute approximate surface area is 332 Å². The van der Waals surface area contributed by atoms with Crippen LogP contribution in [0.5, 0.6) is 5.75 Å². The van der Waals surface area contributed by atoms with Gasteiger partial charge in [0.1, 0.15) is 11.4 Å². The van der Waals surface area contributed by atoms with Crippen LogP contribution in [0.4, 0.5) is 5.69 Å². The molecule has 2 aliphatic carbocycles. The lowest BCUT2D eigenvalue weighted by Crippen LogP contribution is -2.63. The monoisotopic (exact) mass is 794 g/mol. The molecule has 0 radical (unpaired) electrons. The second-order valence-corrected chi connectivity index (χ2v) is 20.2. The molecule has 6 aliphatic rings. The van der Waals surface area contributed by atoms with E-state index in [4.69, 9.17) is 25.8 Å². The molecule has 1 amide bonds. The fraction of sp³-hybridized carbons (Fsp3) is 0.651. The minimum absolute atomic E-state index is 0.123. The summed E-state index contributed by atoms with van der Waals surface area (Å²) in [4.78, 5) is 21.4. The Morgan fingerprint density at radius 3 is 2.55 bits per heavy atom. The van der Waals surface area contributed by atoms with Crippen LogP contribution in [0, 0.1) is 17.3 Å². The third kappa shape index (κ3) is 7.47. The Hall–Kier alpha value is -2.67. The molecule has 10 nitrogen and oxygen atoms in total. The van der Waals surface area contributed by atoms with E-state index < -0.39 is 26.8 Å². The number of sulfonamides is 1. The quantitative estimate of drug-likeness (QED) is 0.362. The number of aryl methyl sites for hydroxylation is 1. The molecule has 4 aliphatic heterocycles. The van der Waals surface area contributed by atoms with Crippen LogP contribution in [0.2, 0.25) is 5.02 Å². The number of nitrogens with one attached hydrogen (secondary N) is 1. The Kier molecular flexibility index (Phi) is 10.9. The topological polar surface area (TPSA) is 101 Å². The molecule has 2 bridgehead atoms. The molecule has 300 valence electrons. The van der Waals surface area contributed by atoms with Crippen LogP contribution in [-0.4, -0.2) is 113 Å². The summed E-state index contributed by atoms with van der Waals surface area (Å²) in [5, 5.41) is -0.0370. The summed E-state index contributed by atoms with van der Waals surface area (Å²) in [5.74, 6) is 0.0843. The van der Waals surface area contributed by atoms with E-state index in [0.29, 0.717) is 43.5 Å². The van der Waals surface area contributed by atoms with Crippen LogP contribution in [0.25, 0.3) is 0 Å². The largest absolute Gasteiger partial charge is 0.490 e. The number of hydrogen-bond donors (Lipinski definition) is 1. The summed E-state index contributed by atoms with van der Waals surface area (Å²) < 4.78 is 49.1. The third-order valence-electron chi connectivity index (χ3n) is 14.1. The van der Waals surface area contributed by atoms with E-state index in [9.17, 15) is 13.2 Å². The number of benzene rings is 2. The van der Waals surface area contributed by atoms with E-state index in [2.05, 4.69) is 57.6 Å². The van der Waals surface area contributed by atoms with E-state index in [1.165, 1.54) is 11.1 Å². The summed E-state index contributed by atoms with van der Waals surface area (Å²) in [5.41, 5.74) is 2.72. The number of hydrogen-bond acceptors (Lipinski definition) is 9. The molecular formula is C43H59ClN4O6S. The first-order chi connectivity index (χ1) is 26.3. The van der Waals surface area contributed by atoms with Crippen LogP contribution in [0.15, 0.2) is 48.6 Å². The van der Waals surface area contributed by atoms with Crippen molar-refractivity contribution >= 4 is 33.2 Å². The van der Waals surface area contributed by atoms with E-state index in [0.717, 1.165) is 95.3 Å². The number of ether oxygens (including phenoxy) is 3. The number of anilines is 1. The number of nitrogens with zero attached hydrogens (tertiary/aromatic N) is 3. The number of fused-ring (bicyclic) bond motifs is 4. The van der Waals surface area contributed by atoms with Crippen LogP contribution in [-0.2, 0) is 31.3 Å². The number of piperazine rings is 1. The molecule has 8 rings (SSSR count). The molecule has 6 atom stereocenters. The van der Waals surface area contributed by atoms with Gasteiger partial charge >= 0.3 is 0 Å². The molecule has 2 saturated heterocycles. The molecule has 1 spiro atoms. The van der Waals surface area contributed by atoms with Gasteiger partial charge in [-0.25, -0.2) is 13.1 Å². The van der Waals surface area contributed by atoms with Crippen molar-refractivity contribution in [3.63, 3.8) is 0 Å². The van der Waals surface area contributed by atoms with Crippen molar-refractivity contribution in [3.8, 4) is 5.75 Å². The average molecular weight is 795 g/mol. The van der Waals surface area contributed by atoms with Gasteiger partial charge in [-0.2, -0.15) is 0 Å². The van der Waals surface area contributed by atoms with E-state index >= 15 is 0 Å². The zero-order chi connectivity index (χ0) is 38.6. The maximum Gasteiger partial charge on any atom is 0.264 e. The van der Waals surface area contributed by atoms with Gasteiger partial charge in [0.2, 0.25) is 10.0 Å². The summed E-state index contributed by atoms with van der Waals surface area (Å²) in [6.45, 7) is 17.1. The number of carbonyl (C=O) groups excluding carboxylic acids is 1. The first-order valence-corrected chi connectivity index (χ1v) is 22.5. The second kappa shape index (κ2) is 15.3. The maximum absolute atomic E-state index is 13.7. The Morgan fingerprint density at radius 1 is 1.04 bits per heavy atom. The molecule has 1 saturated carbocycles. The Bertz CT molecular complexity index is 1900. The van der Waals surface area contributed by atoms with Crippen molar-refractivity contribution in [3.05, 3.63) is 70.3 Å². The normalized spacial score (nSPS) is 35.0. The van der Waals surface area contributed by atoms with Gasteiger partial charge in [0, 0.05) is 68.4 Å². The van der Waals surface area contributed by atoms with Gasteiger partial charge in [0.05, 0.1) is 36.8 Å². The number of rotatable bonds is 5. The van der Waals surface area contributed by atoms with Gasteiger partial charge in [-0.3, -0.25) is 14.6 Å². The average Bonchev–Trinajstić information content (AvgIpc) is 3.26. The van der Waals surface area contributed by atoms with Crippen LogP contribution >= 0.6 is 11.6 Å². The molecule has 55 heavy (non-hydrogen) atoms. The first-order valence-electron chi connectivity index (χ1n) is 20.6. The molecule has 12 heteroatoms. The maximum atomic E-state index is 13.7. The highest BCUT2D eigenvalue weighted by Gasteiger charge is 2.56. The highest BCUT2D eigenvalue weighted by atomic mass is 35.5. The van der Waals surface area contributed by atoms with Gasteiger partial charge in [-0.15, -0.1) is 0 Å². The first kappa shape index (κ1) is 39.2. The molecular weight excluding hydrogens is 736 g/mol. The highest BCUT2D eigenvalue weighted by molar-refractivity contribution is 7.90. The summed E-state index contributed by atoms with van der Waals surface area (Å²) in [7, 11) is -3.97. The Balaban J connectivity index is 1.20. The number of allylic oxidation sites excluding steroid dienone is 1. The lowest BCUT2D eigenvalue weighted by Gasteiger charge is -2.58. The highest BCUT2D eigenvalue weighted by Crippen LogP contribution is 2.56. The van der Waals surface area contributed by atoms with Crippen LogP contribution < -0.4 is 14.4 Å². The fourth-order valence-corrected chi connectivity index (χ4v) is 12.0. The predicted molar refractivity (Wildman–Crippen MR) is 217 cm³/mol. The van der Waals surface area contributed by atoms with Crippen molar-refractivity contribution in [1.82, 2.24) is 14.5 Å². The van der Waals surface area contributed by atoms with Gasteiger partial charge in [0.25, 0.3) is 5.91 Å². The number of carbonyl (C=O) groups is 1. The van der Waals surface area contributed by atoms with E-state index in [1.54, 1.807) is 13.0 Å². The Morgan fingerprint density at radius 2 is 1.84 bits per heavy atom. The third-order valence-corrected chi connectivity index (χ3v) is 16.3. The van der Waals surface area contributed by atoms with Crippen molar-refractivity contribution in [1.29, 1.82) is 0 Å². The van der Waals surface area contributed by atoms with Gasteiger partial charge in [-0.05, 0) is 111 Å².